The first-order valence-corrected chi connectivity index (χ1v) is 5.80. The number of carbonyl (C=O) groups excluding carboxylic acids is 1. The van der Waals surface area contributed by atoms with Gasteiger partial charge >= 0.3 is 0 Å². The minimum Gasteiger partial charge on any atom is -0.383 e. The van der Waals surface area contributed by atoms with Gasteiger partial charge in [-0.3, -0.25) is 14.9 Å². The van der Waals surface area contributed by atoms with E-state index in [9.17, 15) is 14.9 Å². The molecular weight excluding hydrogens is 260 g/mol. The molecule has 0 saturated carbocycles. The number of rotatable bonds is 4. The van der Waals surface area contributed by atoms with E-state index in [2.05, 4.69) is 10.3 Å². The molecule has 1 aromatic carbocycles. The minimum atomic E-state index is -0.486. The average molecular weight is 272 g/mol. The number of benzene rings is 1. The van der Waals surface area contributed by atoms with Crippen LogP contribution in [0.25, 0.3) is 0 Å². The van der Waals surface area contributed by atoms with Gasteiger partial charge in [0.1, 0.15) is 5.82 Å². The van der Waals surface area contributed by atoms with Crippen LogP contribution in [-0.2, 0) is 6.54 Å². The van der Waals surface area contributed by atoms with Crippen molar-refractivity contribution in [3.63, 3.8) is 0 Å². The van der Waals surface area contributed by atoms with Crippen molar-refractivity contribution in [1.82, 2.24) is 10.3 Å². The summed E-state index contributed by atoms with van der Waals surface area (Å²) in [5, 5.41) is 13.4. The molecule has 102 valence electrons. The lowest BCUT2D eigenvalue weighted by atomic mass is 10.1. The summed E-state index contributed by atoms with van der Waals surface area (Å²) in [6.45, 7) is 0.0460. The van der Waals surface area contributed by atoms with E-state index in [0.29, 0.717) is 5.56 Å². The number of nitrogen functional groups attached to an aromatic ring is 1. The predicted octanol–water partition coefficient (Wildman–Crippen LogP) is 1.50. The van der Waals surface area contributed by atoms with Crippen molar-refractivity contribution in [2.75, 3.05) is 5.73 Å². The molecular formula is C13H12N4O3. The lowest BCUT2D eigenvalue weighted by molar-refractivity contribution is -0.385. The van der Waals surface area contributed by atoms with Gasteiger partial charge < -0.3 is 11.1 Å². The van der Waals surface area contributed by atoms with Gasteiger partial charge in [-0.25, -0.2) is 4.98 Å². The summed E-state index contributed by atoms with van der Waals surface area (Å²) in [4.78, 5) is 26.1. The fourth-order valence-electron chi connectivity index (χ4n) is 1.72. The Kier molecular flexibility index (Phi) is 3.90. The topological polar surface area (TPSA) is 111 Å². The lowest BCUT2D eigenvalue weighted by Crippen LogP contribution is -2.24. The second-order valence-corrected chi connectivity index (χ2v) is 4.00. The molecule has 3 N–H and O–H groups in total. The number of amides is 1. The number of pyridine rings is 1. The van der Waals surface area contributed by atoms with Crippen LogP contribution < -0.4 is 11.1 Å². The molecule has 20 heavy (non-hydrogen) atoms. The summed E-state index contributed by atoms with van der Waals surface area (Å²) >= 11 is 0. The van der Waals surface area contributed by atoms with Crippen LogP contribution in [0.2, 0.25) is 0 Å². The van der Waals surface area contributed by atoms with E-state index < -0.39 is 10.8 Å². The number of hydrogen-bond acceptors (Lipinski definition) is 5. The Morgan fingerprint density at radius 2 is 2.05 bits per heavy atom. The summed E-state index contributed by atoms with van der Waals surface area (Å²) < 4.78 is 0. The van der Waals surface area contributed by atoms with Gasteiger partial charge in [-0.15, -0.1) is 0 Å². The number of aromatic nitrogens is 1. The van der Waals surface area contributed by atoms with Gasteiger partial charge in [-0.05, 0) is 12.1 Å². The molecule has 0 fully saturated rings. The van der Waals surface area contributed by atoms with E-state index in [1.54, 1.807) is 24.3 Å². The van der Waals surface area contributed by atoms with Crippen LogP contribution in [0.4, 0.5) is 11.5 Å². The third kappa shape index (κ3) is 2.89. The molecule has 1 amide bonds. The van der Waals surface area contributed by atoms with E-state index in [1.807, 2.05) is 0 Å². The Balaban J connectivity index is 2.12. The number of hydrogen-bond donors (Lipinski definition) is 2. The molecule has 1 heterocycles. The van der Waals surface area contributed by atoms with Gasteiger partial charge in [0, 0.05) is 24.4 Å². The maximum Gasteiger partial charge on any atom is 0.274 e. The van der Waals surface area contributed by atoms with Crippen molar-refractivity contribution in [3.8, 4) is 0 Å². The number of nitro groups is 1. The van der Waals surface area contributed by atoms with E-state index in [-0.39, 0.29) is 23.6 Å². The number of nitro benzene ring substituents is 1. The number of nitrogens with one attached hydrogen (secondary N) is 1. The van der Waals surface area contributed by atoms with Crippen molar-refractivity contribution in [2.45, 2.75) is 6.54 Å². The van der Waals surface area contributed by atoms with E-state index in [1.165, 1.54) is 18.3 Å². The van der Waals surface area contributed by atoms with Gasteiger partial charge in [-0.2, -0.15) is 0 Å². The first kappa shape index (κ1) is 13.5. The molecule has 0 radical (unpaired) electrons. The highest BCUT2D eigenvalue weighted by molar-refractivity contribution is 5.98. The van der Waals surface area contributed by atoms with Crippen LogP contribution in [-0.4, -0.2) is 15.8 Å². The molecule has 0 bridgehead atoms. The molecule has 0 unspecified atom stereocenters. The molecule has 7 heteroatoms. The van der Waals surface area contributed by atoms with Gasteiger partial charge in [-0.1, -0.05) is 18.2 Å². The summed E-state index contributed by atoms with van der Waals surface area (Å²) in [6.07, 6.45) is 1.48. The Morgan fingerprint density at radius 3 is 2.75 bits per heavy atom. The maximum atomic E-state index is 11.9. The minimum absolute atomic E-state index is 0.0352. The van der Waals surface area contributed by atoms with Crippen molar-refractivity contribution in [2.24, 2.45) is 0 Å². The van der Waals surface area contributed by atoms with Crippen LogP contribution in [0.3, 0.4) is 0 Å². The molecule has 0 spiro atoms. The number of nitrogens with zero attached hydrogens (tertiary/aromatic N) is 2. The zero-order valence-electron chi connectivity index (χ0n) is 10.4. The number of para-hydroxylation sites is 1. The molecule has 2 rings (SSSR count). The highest BCUT2D eigenvalue weighted by Gasteiger charge is 2.14. The standard InChI is InChI=1S/C13H12N4O3/c14-12-10(5-3-7-15-12)13(18)16-8-9-4-1-2-6-11(9)17(19)20/h1-7H,8H2,(H2,14,15)(H,16,18). The molecule has 1 aromatic heterocycles. The quantitative estimate of drug-likeness (QED) is 0.647. The molecule has 0 aliphatic heterocycles. The summed E-state index contributed by atoms with van der Waals surface area (Å²) in [6, 6.07) is 9.35. The molecule has 7 nitrogen and oxygen atoms in total. The normalized spacial score (nSPS) is 10.0. The lowest BCUT2D eigenvalue weighted by Gasteiger charge is -2.07. The number of carbonyl (C=O) groups is 1. The monoisotopic (exact) mass is 272 g/mol. The average Bonchev–Trinajstić information content (AvgIpc) is 2.45. The first-order valence-electron chi connectivity index (χ1n) is 5.80. The van der Waals surface area contributed by atoms with Gasteiger partial charge in [0.2, 0.25) is 0 Å². The summed E-state index contributed by atoms with van der Waals surface area (Å²) in [7, 11) is 0. The second-order valence-electron chi connectivity index (χ2n) is 4.00. The maximum absolute atomic E-state index is 11.9. The Labute approximate surface area is 114 Å². The van der Waals surface area contributed by atoms with Crippen LogP contribution in [0.15, 0.2) is 42.6 Å². The molecule has 0 atom stereocenters. The van der Waals surface area contributed by atoms with Crippen molar-refractivity contribution in [1.29, 1.82) is 0 Å². The third-order valence-corrected chi connectivity index (χ3v) is 2.71. The highest BCUT2D eigenvalue weighted by atomic mass is 16.6. The fraction of sp³-hybridized carbons (Fsp3) is 0.0769. The Hall–Kier alpha value is -2.96. The SMILES string of the molecule is Nc1ncccc1C(=O)NCc1ccccc1[N+](=O)[O-]. The largest absolute Gasteiger partial charge is 0.383 e. The van der Waals surface area contributed by atoms with E-state index in [0.717, 1.165) is 0 Å². The smallest absolute Gasteiger partial charge is 0.274 e. The van der Waals surface area contributed by atoms with Crippen LogP contribution >= 0.6 is 0 Å². The zero-order chi connectivity index (χ0) is 14.5. The second kappa shape index (κ2) is 5.79. The summed E-state index contributed by atoms with van der Waals surface area (Å²) in [5.74, 6) is -0.304. The Bertz CT molecular complexity index is 658. The predicted molar refractivity (Wildman–Crippen MR) is 72.9 cm³/mol. The van der Waals surface area contributed by atoms with Crippen LogP contribution in [0.5, 0.6) is 0 Å². The van der Waals surface area contributed by atoms with Crippen LogP contribution in [0, 0.1) is 10.1 Å². The van der Waals surface area contributed by atoms with Gasteiger partial charge in [0.25, 0.3) is 11.6 Å². The fourth-order valence-corrected chi connectivity index (χ4v) is 1.72. The van der Waals surface area contributed by atoms with Crippen molar-refractivity contribution < 1.29 is 9.72 Å². The molecule has 0 aliphatic carbocycles. The number of anilines is 1. The third-order valence-electron chi connectivity index (χ3n) is 2.71. The number of nitrogens with two attached hydrogens (primary N) is 1. The van der Waals surface area contributed by atoms with Crippen LogP contribution in [0.1, 0.15) is 15.9 Å². The van der Waals surface area contributed by atoms with Crippen molar-refractivity contribution in [3.05, 3.63) is 63.8 Å². The van der Waals surface area contributed by atoms with Gasteiger partial charge in [0.05, 0.1) is 10.5 Å². The molecule has 0 aliphatic rings. The summed E-state index contributed by atoms with van der Waals surface area (Å²) in [5.41, 5.74) is 6.22. The van der Waals surface area contributed by atoms with Crippen molar-refractivity contribution >= 4 is 17.4 Å². The molecule has 0 saturated heterocycles. The van der Waals surface area contributed by atoms with E-state index in [4.69, 9.17) is 5.73 Å². The van der Waals surface area contributed by atoms with E-state index >= 15 is 0 Å². The highest BCUT2D eigenvalue weighted by Crippen LogP contribution is 2.17. The molecule has 2 aromatic rings. The Morgan fingerprint density at radius 1 is 1.30 bits per heavy atom. The zero-order valence-corrected chi connectivity index (χ0v) is 10.4. The van der Waals surface area contributed by atoms with Gasteiger partial charge in [0.15, 0.2) is 0 Å². The first-order chi connectivity index (χ1) is 9.59.